The van der Waals surface area contributed by atoms with E-state index in [0.29, 0.717) is 11.3 Å². The maximum Gasteiger partial charge on any atom is 0.277 e. The Balaban J connectivity index is 1.75. The number of β-amino-alcohol motifs (C(OH)–C–C–N with tert-alkyl or cyclic N) is 1. The predicted octanol–water partition coefficient (Wildman–Crippen LogP) is 1.37. The Kier molecular flexibility index (Phi) is 5.33. The first-order chi connectivity index (χ1) is 13.0. The van der Waals surface area contributed by atoms with Gasteiger partial charge < -0.3 is 15.7 Å². The van der Waals surface area contributed by atoms with E-state index < -0.39 is 11.8 Å². The zero-order chi connectivity index (χ0) is 19.4. The van der Waals surface area contributed by atoms with Gasteiger partial charge in [0.15, 0.2) is 0 Å². The van der Waals surface area contributed by atoms with Crippen molar-refractivity contribution < 1.29 is 19.5 Å². The van der Waals surface area contributed by atoms with Crippen molar-refractivity contribution in [2.75, 3.05) is 25.5 Å². The lowest BCUT2D eigenvalue weighted by Gasteiger charge is -2.13. The fourth-order valence-corrected chi connectivity index (χ4v) is 2.80. The molecule has 0 saturated carbocycles. The Labute approximate surface area is 156 Å². The van der Waals surface area contributed by atoms with Crippen molar-refractivity contribution in [1.29, 1.82) is 0 Å². The van der Waals surface area contributed by atoms with Crippen LogP contribution in [0.15, 0.2) is 60.3 Å². The summed E-state index contributed by atoms with van der Waals surface area (Å²) in [7, 11) is 1.58. The number of rotatable bonds is 6. The summed E-state index contributed by atoms with van der Waals surface area (Å²) in [6, 6.07) is 14.6. The zero-order valence-corrected chi connectivity index (χ0v) is 14.7. The maximum atomic E-state index is 12.2. The fraction of sp³-hybridized carbons (Fsp3) is 0.150. The van der Waals surface area contributed by atoms with Crippen LogP contribution in [-0.4, -0.2) is 47.9 Å². The molecule has 2 aromatic carbocycles. The summed E-state index contributed by atoms with van der Waals surface area (Å²) in [6.07, 6.45) is 1.22. The minimum absolute atomic E-state index is 0.0278. The number of hydrogen-bond donors (Lipinski definition) is 3. The normalized spacial score (nSPS) is 13.6. The quantitative estimate of drug-likeness (QED) is 0.672. The molecule has 138 valence electrons. The molecule has 7 heteroatoms. The molecule has 0 fully saturated rings. The molecule has 1 heterocycles. The van der Waals surface area contributed by atoms with Crippen LogP contribution in [0.1, 0.15) is 10.4 Å². The summed E-state index contributed by atoms with van der Waals surface area (Å²) in [4.78, 5) is 36.7. The molecule has 0 saturated heterocycles. The highest BCUT2D eigenvalue weighted by molar-refractivity contribution is 6.17. The van der Waals surface area contributed by atoms with E-state index in [1.807, 2.05) is 24.3 Å². The summed E-state index contributed by atoms with van der Waals surface area (Å²) in [5.41, 5.74) is 3.20. The molecule has 27 heavy (non-hydrogen) atoms. The molecule has 0 aliphatic carbocycles. The summed E-state index contributed by atoms with van der Waals surface area (Å²) >= 11 is 0. The summed E-state index contributed by atoms with van der Waals surface area (Å²) < 4.78 is 0. The van der Waals surface area contributed by atoms with Gasteiger partial charge in [0, 0.05) is 24.4 Å². The molecule has 7 nitrogen and oxygen atoms in total. The highest BCUT2D eigenvalue weighted by Crippen LogP contribution is 2.24. The Hall–Kier alpha value is -3.45. The van der Waals surface area contributed by atoms with Crippen LogP contribution in [-0.2, 0) is 9.59 Å². The van der Waals surface area contributed by atoms with Crippen LogP contribution >= 0.6 is 0 Å². The Morgan fingerprint density at radius 1 is 1.07 bits per heavy atom. The molecule has 2 aromatic rings. The van der Waals surface area contributed by atoms with Crippen molar-refractivity contribution in [3.8, 4) is 11.1 Å². The minimum atomic E-state index is -0.462. The van der Waals surface area contributed by atoms with Gasteiger partial charge >= 0.3 is 0 Å². The molecule has 0 bridgehead atoms. The van der Waals surface area contributed by atoms with Gasteiger partial charge in [0.05, 0.1) is 13.2 Å². The maximum absolute atomic E-state index is 12.2. The minimum Gasteiger partial charge on any atom is -0.395 e. The van der Waals surface area contributed by atoms with E-state index in [1.54, 1.807) is 31.3 Å². The lowest BCUT2D eigenvalue weighted by Crippen LogP contribution is -2.34. The third-order valence-electron chi connectivity index (χ3n) is 4.18. The van der Waals surface area contributed by atoms with E-state index in [0.717, 1.165) is 16.0 Å². The molecular weight excluding hydrogens is 346 g/mol. The Bertz CT molecular complexity index is 919. The molecule has 1 aliphatic rings. The van der Waals surface area contributed by atoms with Crippen molar-refractivity contribution in [1.82, 2.24) is 10.2 Å². The number of nitrogens with zero attached hydrogens (tertiary/aromatic N) is 1. The fourth-order valence-electron chi connectivity index (χ4n) is 2.80. The van der Waals surface area contributed by atoms with Crippen LogP contribution < -0.4 is 10.6 Å². The third kappa shape index (κ3) is 3.88. The van der Waals surface area contributed by atoms with E-state index in [2.05, 4.69) is 10.6 Å². The number of carbonyl (C=O) groups is 3. The van der Waals surface area contributed by atoms with Gasteiger partial charge in [-0.05, 0) is 35.4 Å². The van der Waals surface area contributed by atoms with Gasteiger partial charge in [-0.25, -0.2) is 0 Å². The van der Waals surface area contributed by atoms with Crippen LogP contribution in [0.3, 0.4) is 0 Å². The highest BCUT2D eigenvalue weighted by atomic mass is 16.3. The first kappa shape index (κ1) is 18.3. The first-order valence-corrected chi connectivity index (χ1v) is 8.41. The molecular formula is C20H19N3O4. The van der Waals surface area contributed by atoms with Crippen molar-refractivity contribution in [3.05, 3.63) is 65.9 Å². The second kappa shape index (κ2) is 7.84. The molecule has 3 N–H and O–H groups in total. The average molecular weight is 365 g/mol. The Morgan fingerprint density at radius 2 is 1.81 bits per heavy atom. The number of carbonyl (C=O) groups excluding carboxylic acids is 3. The number of nitrogens with one attached hydrogen (secondary N) is 2. The average Bonchev–Trinajstić information content (AvgIpc) is 2.96. The van der Waals surface area contributed by atoms with Crippen LogP contribution in [0.4, 0.5) is 5.69 Å². The molecule has 3 rings (SSSR count). The van der Waals surface area contributed by atoms with Gasteiger partial charge in [-0.15, -0.1) is 0 Å². The highest BCUT2D eigenvalue weighted by Gasteiger charge is 2.30. The van der Waals surface area contributed by atoms with E-state index >= 15 is 0 Å². The second-order valence-corrected chi connectivity index (χ2v) is 5.94. The summed E-state index contributed by atoms with van der Waals surface area (Å²) in [5, 5.41) is 14.5. The lowest BCUT2D eigenvalue weighted by molar-refractivity contribution is -0.137. The second-order valence-electron chi connectivity index (χ2n) is 5.94. The van der Waals surface area contributed by atoms with E-state index in [1.165, 1.54) is 6.08 Å². The topological polar surface area (TPSA) is 98.7 Å². The number of aliphatic hydroxyl groups is 1. The van der Waals surface area contributed by atoms with Crippen molar-refractivity contribution >= 4 is 23.4 Å². The van der Waals surface area contributed by atoms with Crippen LogP contribution in [0, 0.1) is 0 Å². The monoisotopic (exact) mass is 365 g/mol. The largest absolute Gasteiger partial charge is 0.395 e. The number of imide groups is 1. The SMILES string of the molecule is CNC(=O)c1cccc(-c2ccc(NC3=CC(=O)N(CCO)C3=O)cc2)c1. The number of amides is 3. The summed E-state index contributed by atoms with van der Waals surface area (Å²) in [5.74, 6) is -1.06. The first-order valence-electron chi connectivity index (χ1n) is 8.41. The van der Waals surface area contributed by atoms with Gasteiger partial charge in [0.2, 0.25) is 0 Å². The lowest BCUT2D eigenvalue weighted by atomic mass is 10.0. The molecule has 0 spiro atoms. The molecule has 0 unspecified atom stereocenters. The van der Waals surface area contributed by atoms with Gasteiger partial charge in [0.25, 0.3) is 17.7 Å². The van der Waals surface area contributed by atoms with E-state index in [4.69, 9.17) is 5.11 Å². The molecule has 0 radical (unpaired) electrons. The van der Waals surface area contributed by atoms with E-state index in [-0.39, 0.29) is 24.8 Å². The predicted molar refractivity (Wildman–Crippen MR) is 101 cm³/mol. The van der Waals surface area contributed by atoms with Gasteiger partial charge in [-0.1, -0.05) is 24.3 Å². The van der Waals surface area contributed by atoms with Crippen LogP contribution in [0.5, 0.6) is 0 Å². The van der Waals surface area contributed by atoms with Gasteiger partial charge in [0.1, 0.15) is 5.70 Å². The van der Waals surface area contributed by atoms with E-state index in [9.17, 15) is 14.4 Å². The zero-order valence-electron chi connectivity index (χ0n) is 14.7. The number of benzene rings is 2. The van der Waals surface area contributed by atoms with Crippen molar-refractivity contribution in [3.63, 3.8) is 0 Å². The smallest absolute Gasteiger partial charge is 0.277 e. The van der Waals surface area contributed by atoms with Crippen molar-refractivity contribution in [2.24, 2.45) is 0 Å². The molecule has 0 atom stereocenters. The number of anilines is 1. The van der Waals surface area contributed by atoms with Crippen molar-refractivity contribution in [2.45, 2.75) is 0 Å². The van der Waals surface area contributed by atoms with Gasteiger partial charge in [-0.2, -0.15) is 0 Å². The van der Waals surface area contributed by atoms with Crippen LogP contribution in [0.2, 0.25) is 0 Å². The van der Waals surface area contributed by atoms with Gasteiger partial charge in [-0.3, -0.25) is 19.3 Å². The molecule has 3 amide bonds. The Morgan fingerprint density at radius 3 is 2.48 bits per heavy atom. The standard InChI is InChI=1S/C20H19N3O4/c1-21-19(26)15-4-2-3-14(11-15)13-5-7-16(8-6-13)22-17-12-18(25)23(9-10-24)20(17)27/h2-8,11-12,22,24H,9-10H2,1H3,(H,21,26). The number of hydrogen-bond acceptors (Lipinski definition) is 5. The summed E-state index contributed by atoms with van der Waals surface area (Å²) in [6.45, 7) is -0.303. The number of aliphatic hydroxyl groups excluding tert-OH is 1. The molecule has 1 aliphatic heterocycles. The third-order valence-corrected chi connectivity index (χ3v) is 4.18. The van der Waals surface area contributed by atoms with Crippen LogP contribution in [0.25, 0.3) is 11.1 Å². The molecule has 0 aromatic heterocycles.